The second-order valence-corrected chi connectivity index (χ2v) is 13.1. The van der Waals surface area contributed by atoms with Gasteiger partial charge in [0.1, 0.15) is 18.2 Å². The molecule has 2 heterocycles. The molecular weight excluding hydrogens is 534 g/mol. The topological polar surface area (TPSA) is 17.0 Å². The zero-order valence-corrected chi connectivity index (χ0v) is 25.8. The minimum atomic E-state index is -2.83. The van der Waals surface area contributed by atoms with Gasteiger partial charge in [-0.1, -0.05) is 86.6 Å². The molecule has 222 valence electrons. The highest BCUT2D eigenvalue weighted by Gasteiger charge is 2.29. The Morgan fingerprint density at radius 1 is 0.750 bits per heavy atom. The summed E-state index contributed by atoms with van der Waals surface area (Å²) in [5.74, 6) is -1.19. The summed E-state index contributed by atoms with van der Waals surface area (Å²) in [5, 5.41) is 1.74. The highest BCUT2D eigenvalue weighted by Crippen LogP contribution is 2.45. The van der Waals surface area contributed by atoms with Crippen LogP contribution < -0.4 is 4.57 Å². The van der Waals surface area contributed by atoms with E-state index >= 15 is 0 Å². The van der Waals surface area contributed by atoms with Crippen LogP contribution in [0.3, 0.4) is 0 Å². The molecule has 1 saturated carbocycles. The van der Waals surface area contributed by atoms with Gasteiger partial charge in [-0.3, -0.25) is 0 Å². The summed E-state index contributed by atoms with van der Waals surface area (Å²) in [7, 11) is 1.72. The SMILES string of the molecule is [2H]C([2H])([2H])c1c[n+](C)c(-c2c(C)ccc3c2oc2c(-c4ccccc4)cccc23)cc1-c1c(C([2H])([2H])[2H])cc(C2([2H])CCC(C)(C)CC2)cc1C([2H])([2H])[2H]. The molecule has 2 nitrogen and oxygen atoms in total. The molecule has 0 aliphatic heterocycles. The highest BCUT2D eigenvalue weighted by atomic mass is 16.3. The molecule has 1 aliphatic rings. The molecule has 0 radical (unpaired) electrons. The normalized spacial score (nSPS) is 20.3. The van der Waals surface area contributed by atoms with Gasteiger partial charge >= 0.3 is 0 Å². The van der Waals surface area contributed by atoms with Gasteiger partial charge in [0.25, 0.3) is 0 Å². The number of furan rings is 1. The van der Waals surface area contributed by atoms with Gasteiger partial charge < -0.3 is 4.42 Å². The lowest BCUT2D eigenvalue weighted by molar-refractivity contribution is -0.660. The van der Waals surface area contributed by atoms with Gasteiger partial charge in [0.05, 0.1) is 5.56 Å². The molecule has 0 unspecified atom stereocenters. The number of aromatic nitrogens is 1. The zero-order chi connectivity index (χ0) is 39.2. The lowest BCUT2D eigenvalue weighted by Crippen LogP contribution is -2.31. The zero-order valence-electron chi connectivity index (χ0n) is 35.8. The second kappa shape index (κ2) is 10.8. The van der Waals surface area contributed by atoms with Crippen molar-refractivity contribution in [3.63, 3.8) is 0 Å². The van der Waals surface area contributed by atoms with Crippen LogP contribution in [0.15, 0.2) is 89.5 Å². The maximum Gasteiger partial charge on any atom is 0.216 e. The fourth-order valence-electron chi connectivity index (χ4n) is 6.88. The number of rotatable bonds is 4. The van der Waals surface area contributed by atoms with Gasteiger partial charge in [0.2, 0.25) is 5.69 Å². The van der Waals surface area contributed by atoms with Gasteiger partial charge in [-0.2, -0.15) is 0 Å². The maximum absolute atomic E-state index is 9.48. The molecule has 4 aromatic carbocycles. The molecule has 1 aliphatic carbocycles. The summed E-state index contributed by atoms with van der Waals surface area (Å²) in [6.45, 7) is -2.20. The first-order valence-electron chi connectivity index (χ1n) is 20.3. The smallest absolute Gasteiger partial charge is 0.216 e. The largest absolute Gasteiger partial charge is 0.454 e. The fourth-order valence-corrected chi connectivity index (χ4v) is 6.88. The lowest BCUT2D eigenvalue weighted by atomic mass is 9.71. The number of benzene rings is 4. The molecule has 0 spiro atoms. The van der Waals surface area contributed by atoms with E-state index < -0.39 is 26.4 Å². The minimum absolute atomic E-state index is 0.00630. The summed E-state index contributed by atoms with van der Waals surface area (Å²) in [6, 6.07) is 24.3. The lowest BCUT2D eigenvalue weighted by Gasteiger charge is -2.35. The molecule has 1 fully saturated rings. The minimum Gasteiger partial charge on any atom is -0.454 e. The van der Waals surface area contributed by atoms with Crippen molar-refractivity contribution in [2.45, 2.75) is 72.9 Å². The Morgan fingerprint density at radius 2 is 1.45 bits per heavy atom. The van der Waals surface area contributed by atoms with Crippen molar-refractivity contribution in [3.05, 3.63) is 113 Å². The summed E-state index contributed by atoms with van der Waals surface area (Å²) in [6.07, 6.45) is 3.79. The van der Waals surface area contributed by atoms with Crippen LogP contribution in [0.1, 0.15) is 86.9 Å². The van der Waals surface area contributed by atoms with Gasteiger partial charge in [-0.25, -0.2) is 4.57 Å². The van der Waals surface area contributed by atoms with Crippen molar-refractivity contribution in [1.82, 2.24) is 0 Å². The molecule has 7 rings (SSSR count). The van der Waals surface area contributed by atoms with E-state index in [9.17, 15) is 1.37 Å². The molecule has 0 atom stereocenters. The average Bonchev–Trinajstić information content (AvgIpc) is 3.47. The number of para-hydroxylation sites is 1. The Balaban J connectivity index is 1.55. The fraction of sp³-hybridized carbons (Fsp3) is 0.310. The van der Waals surface area contributed by atoms with Crippen molar-refractivity contribution >= 4 is 21.9 Å². The van der Waals surface area contributed by atoms with Crippen molar-refractivity contribution < 1.29 is 22.7 Å². The Labute approximate surface area is 276 Å². The highest BCUT2D eigenvalue weighted by molar-refractivity contribution is 6.13. The van der Waals surface area contributed by atoms with Gasteiger partial charge in [-0.05, 0) is 103 Å². The molecule has 6 aromatic rings. The third-order valence-electron chi connectivity index (χ3n) is 9.51. The summed E-state index contributed by atoms with van der Waals surface area (Å²) in [4.78, 5) is 0. The molecule has 2 aromatic heterocycles. The number of pyridine rings is 1. The molecule has 2 heteroatoms. The van der Waals surface area contributed by atoms with Crippen LogP contribution in [0.5, 0.6) is 0 Å². The monoisotopic (exact) mass is 588 g/mol. The van der Waals surface area contributed by atoms with Crippen molar-refractivity contribution in [2.75, 3.05) is 0 Å². The van der Waals surface area contributed by atoms with Crippen LogP contribution in [-0.4, -0.2) is 0 Å². The first-order valence-corrected chi connectivity index (χ1v) is 15.3. The van der Waals surface area contributed by atoms with Gasteiger partial charge in [-0.15, -0.1) is 0 Å². The Kier molecular flexibility index (Phi) is 4.72. The number of hydrogen-bond acceptors (Lipinski definition) is 1. The van der Waals surface area contributed by atoms with E-state index in [1.807, 2.05) is 67.6 Å². The van der Waals surface area contributed by atoms with Crippen LogP contribution >= 0.6 is 0 Å². The quantitative estimate of drug-likeness (QED) is 0.187. The van der Waals surface area contributed by atoms with Crippen LogP contribution in [0.4, 0.5) is 0 Å². The predicted octanol–water partition coefficient (Wildman–Crippen LogP) is 11.3. The predicted molar refractivity (Wildman–Crippen MR) is 185 cm³/mol. The van der Waals surface area contributed by atoms with Crippen molar-refractivity contribution in [3.8, 4) is 33.5 Å². The summed E-state index contributed by atoms with van der Waals surface area (Å²) >= 11 is 0. The van der Waals surface area contributed by atoms with Crippen LogP contribution in [0.2, 0.25) is 0 Å². The van der Waals surface area contributed by atoms with Crippen LogP contribution in [-0.2, 0) is 7.05 Å². The molecular formula is C42H44NO+. The third kappa shape index (κ3) is 4.85. The average molecular weight is 589 g/mol. The van der Waals surface area contributed by atoms with Crippen molar-refractivity contribution in [2.24, 2.45) is 12.5 Å². The third-order valence-corrected chi connectivity index (χ3v) is 9.51. The summed E-state index contributed by atoms with van der Waals surface area (Å²) < 4.78 is 96.0. The Bertz CT molecular complexity index is 2370. The molecule has 0 saturated heterocycles. The Morgan fingerprint density at radius 3 is 2.16 bits per heavy atom. The maximum atomic E-state index is 9.48. The molecule has 0 bridgehead atoms. The Hall–Kier alpha value is -4.17. The molecule has 44 heavy (non-hydrogen) atoms. The van der Waals surface area contributed by atoms with E-state index in [1.54, 1.807) is 17.7 Å². The number of nitrogens with zero attached hydrogens (tertiary/aromatic N) is 1. The van der Waals surface area contributed by atoms with Gasteiger partial charge in [0, 0.05) is 41.7 Å². The van der Waals surface area contributed by atoms with E-state index in [0.29, 0.717) is 40.8 Å². The van der Waals surface area contributed by atoms with E-state index in [4.69, 9.17) is 16.8 Å². The van der Waals surface area contributed by atoms with Crippen LogP contribution in [0, 0.1) is 32.9 Å². The van der Waals surface area contributed by atoms with E-state index in [1.165, 1.54) is 18.3 Å². The van der Waals surface area contributed by atoms with E-state index in [2.05, 4.69) is 13.8 Å². The molecule has 0 N–H and O–H groups in total. The first-order chi connectivity index (χ1) is 25.1. The van der Waals surface area contributed by atoms with E-state index in [0.717, 1.165) is 40.3 Å². The summed E-state index contributed by atoms with van der Waals surface area (Å²) in [5.41, 5.74) is 4.59. The number of hydrogen-bond donors (Lipinski definition) is 0. The molecule has 0 amide bonds. The van der Waals surface area contributed by atoms with Crippen LogP contribution in [0.25, 0.3) is 55.4 Å². The number of aryl methyl sites for hydroxylation is 5. The van der Waals surface area contributed by atoms with Crippen molar-refractivity contribution in [1.29, 1.82) is 0 Å². The second-order valence-electron chi connectivity index (χ2n) is 13.1. The van der Waals surface area contributed by atoms with E-state index in [-0.39, 0.29) is 33.2 Å². The number of fused-ring (bicyclic) bond motifs is 3. The van der Waals surface area contributed by atoms with Gasteiger partial charge in [0.15, 0.2) is 6.20 Å². The first kappa shape index (κ1) is 19.3. The standard InChI is InChI=1S/C42H44NO/c1-26-16-17-35-34-15-11-14-33(31-12-9-8-10-13-31)40(34)44-41(35)39(26)37-24-36(29(4)25-43(37)7)38-27(2)22-32(23-28(38)3)30-18-20-42(5,6)21-19-30/h8-17,22-25,30H,18-21H2,1-7H3/q+1/i2D3,3D3,4D3,30D.